The highest BCUT2D eigenvalue weighted by molar-refractivity contribution is 5.98. The highest BCUT2D eigenvalue weighted by Gasteiger charge is 2.12. The van der Waals surface area contributed by atoms with Gasteiger partial charge in [0.2, 0.25) is 0 Å². The normalized spacial score (nSPS) is 9.35. The van der Waals surface area contributed by atoms with Gasteiger partial charge >= 0.3 is 5.97 Å². The Labute approximate surface area is 117 Å². The Kier molecular flexibility index (Phi) is 6.27. The zero-order valence-electron chi connectivity index (χ0n) is 11.5. The summed E-state index contributed by atoms with van der Waals surface area (Å²) in [5, 5.41) is 11.2. The fraction of sp³-hybridized carbons (Fsp3) is 0.333. The molecular weight excluding hydrogens is 258 g/mol. The molecule has 2 N–H and O–H groups in total. The molecule has 0 heterocycles. The van der Waals surface area contributed by atoms with E-state index in [1.165, 1.54) is 7.11 Å². The number of esters is 1. The molecule has 5 nitrogen and oxygen atoms in total. The molecule has 1 aromatic rings. The largest absolute Gasteiger partial charge is 0.468 e. The maximum Gasteiger partial charge on any atom is 0.325 e. The van der Waals surface area contributed by atoms with Crippen LogP contribution >= 0.6 is 0 Å². The van der Waals surface area contributed by atoms with Gasteiger partial charge in [0.05, 0.1) is 19.3 Å². The number of carbonyl (C=O) groups is 2. The van der Waals surface area contributed by atoms with Crippen molar-refractivity contribution in [2.75, 3.05) is 20.3 Å². The van der Waals surface area contributed by atoms with Crippen LogP contribution in [-0.4, -0.2) is 37.2 Å². The minimum Gasteiger partial charge on any atom is -0.468 e. The number of benzene rings is 1. The van der Waals surface area contributed by atoms with Gasteiger partial charge in [-0.3, -0.25) is 9.59 Å². The number of ether oxygens (including phenoxy) is 1. The molecule has 0 saturated heterocycles. The number of nitrogens with one attached hydrogen (secondary N) is 1. The number of hydrogen-bond donors (Lipinski definition) is 2. The lowest BCUT2D eigenvalue weighted by Gasteiger charge is -2.07. The van der Waals surface area contributed by atoms with Crippen molar-refractivity contribution >= 4 is 11.9 Å². The summed E-state index contributed by atoms with van der Waals surface area (Å²) in [6, 6.07) is 5.29. The SMILES string of the molecule is COC(=O)CNC(=O)c1cc(C)ccc1C#CCCO. The minimum atomic E-state index is -0.515. The Hall–Kier alpha value is -2.32. The Morgan fingerprint density at radius 1 is 1.40 bits per heavy atom. The maximum atomic E-state index is 12.0. The fourth-order valence-corrected chi connectivity index (χ4v) is 1.49. The van der Waals surface area contributed by atoms with E-state index in [0.29, 0.717) is 17.5 Å². The molecule has 0 spiro atoms. The Morgan fingerprint density at radius 2 is 2.15 bits per heavy atom. The van der Waals surface area contributed by atoms with E-state index in [-0.39, 0.29) is 19.1 Å². The molecule has 1 rings (SSSR count). The van der Waals surface area contributed by atoms with Crippen molar-refractivity contribution < 1.29 is 19.4 Å². The lowest BCUT2D eigenvalue weighted by atomic mass is 10.0. The molecule has 0 aliphatic heterocycles. The van der Waals surface area contributed by atoms with Crippen LogP contribution in [0.15, 0.2) is 18.2 Å². The van der Waals surface area contributed by atoms with Gasteiger partial charge in [-0.05, 0) is 19.1 Å². The second-order valence-corrected chi connectivity index (χ2v) is 4.08. The van der Waals surface area contributed by atoms with Crippen LogP contribution < -0.4 is 5.32 Å². The maximum absolute atomic E-state index is 12.0. The van der Waals surface area contributed by atoms with E-state index in [4.69, 9.17) is 5.11 Å². The van der Waals surface area contributed by atoms with Crippen LogP contribution in [0.25, 0.3) is 0 Å². The predicted molar refractivity (Wildman–Crippen MR) is 74.1 cm³/mol. The van der Waals surface area contributed by atoms with E-state index in [1.54, 1.807) is 12.1 Å². The summed E-state index contributed by atoms with van der Waals surface area (Å²) in [4.78, 5) is 23.1. The van der Waals surface area contributed by atoms with Gasteiger partial charge in [0.25, 0.3) is 5.91 Å². The first-order valence-electron chi connectivity index (χ1n) is 6.14. The summed E-state index contributed by atoms with van der Waals surface area (Å²) in [6.45, 7) is 1.65. The molecule has 0 atom stereocenters. The molecule has 0 saturated carbocycles. The van der Waals surface area contributed by atoms with Gasteiger partial charge in [0.1, 0.15) is 6.54 Å². The van der Waals surface area contributed by atoms with E-state index in [1.807, 2.05) is 13.0 Å². The number of methoxy groups -OCH3 is 1. The molecule has 1 aromatic carbocycles. The molecule has 0 unspecified atom stereocenters. The molecule has 0 bridgehead atoms. The minimum absolute atomic E-state index is 0.0251. The van der Waals surface area contributed by atoms with Crippen LogP contribution in [0, 0.1) is 18.8 Å². The van der Waals surface area contributed by atoms with Crippen molar-refractivity contribution in [3.8, 4) is 11.8 Å². The van der Waals surface area contributed by atoms with Crippen LogP contribution in [0.4, 0.5) is 0 Å². The summed E-state index contributed by atoms with van der Waals surface area (Å²) in [7, 11) is 1.26. The first-order chi connectivity index (χ1) is 9.58. The molecule has 0 aliphatic rings. The van der Waals surface area contributed by atoms with Crippen molar-refractivity contribution in [3.05, 3.63) is 34.9 Å². The summed E-state index contributed by atoms with van der Waals surface area (Å²) >= 11 is 0. The van der Waals surface area contributed by atoms with Crippen molar-refractivity contribution in [3.63, 3.8) is 0 Å². The molecule has 0 radical (unpaired) electrons. The third kappa shape index (κ3) is 4.75. The number of aliphatic hydroxyl groups is 1. The summed E-state index contributed by atoms with van der Waals surface area (Å²) < 4.78 is 4.46. The summed E-state index contributed by atoms with van der Waals surface area (Å²) in [5.74, 6) is 4.71. The number of rotatable bonds is 4. The van der Waals surface area contributed by atoms with Crippen LogP contribution in [0.3, 0.4) is 0 Å². The van der Waals surface area contributed by atoms with Crippen LogP contribution in [0.1, 0.15) is 27.9 Å². The van der Waals surface area contributed by atoms with E-state index >= 15 is 0 Å². The Balaban J connectivity index is 2.91. The van der Waals surface area contributed by atoms with Crippen molar-refractivity contribution in [1.29, 1.82) is 0 Å². The van der Waals surface area contributed by atoms with E-state index < -0.39 is 5.97 Å². The second kappa shape index (κ2) is 7.97. The van der Waals surface area contributed by atoms with Crippen molar-refractivity contribution in [2.24, 2.45) is 0 Å². The van der Waals surface area contributed by atoms with Gasteiger partial charge < -0.3 is 15.2 Å². The lowest BCUT2D eigenvalue weighted by Crippen LogP contribution is -2.30. The van der Waals surface area contributed by atoms with Crippen LogP contribution in [0.5, 0.6) is 0 Å². The van der Waals surface area contributed by atoms with Crippen LogP contribution in [0.2, 0.25) is 0 Å². The quantitative estimate of drug-likeness (QED) is 0.624. The first-order valence-corrected chi connectivity index (χ1v) is 6.14. The molecule has 106 valence electrons. The van der Waals surface area contributed by atoms with Crippen molar-refractivity contribution in [1.82, 2.24) is 5.32 Å². The number of aryl methyl sites for hydroxylation is 1. The average Bonchev–Trinajstić information content (AvgIpc) is 2.46. The smallest absolute Gasteiger partial charge is 0.325 e. The lowest BCUT2D eigenvalue weighted by molar-refractivity contribution is -0.139. The number of carbonyl (C=O) groups excluding carboxylic acids is 2. The number of amides is 1. The van der Waals surface area contributed by atoms with Gasteiger partial charge in [0.15, 0.2) is 0 Å². The molecule has 0 fully saturated rings. The molecule has 20 heavy (non-hydrogen) atoms. The average molecular weight is 275 g/mol. The molecule has 1 amide bonds. The van der Waals surface area contributed by atoms with Gasteiger partial charge in [-0.25, -0.2) is 0 Å². The molecule has 5 heteroatoms. The van der Waals surface area contributed by atoms with Gasteiger partial charge in [0, 0.05) is 12.0 Å². The van der Waals surface area contributed by atoms with Gasteiger partial charge in [-0.15, -0.1) is 0 Å². The third-order valence-electron chi connectivity index (χ3n) is 2.50. The Morgan fingerprint density at radius 3 is 2.80 bits per heavy atom. The van der Waals surface area contributed by atoms with Crippen molar-refractivity contribution in [2.45, 2.75) is 13.3 Å². The monoisotopic (exact) mass is 275 g/mol. The van der Waals surface area contributed by atoms with Gasteiger partial charge in [-0.2, -0.15) is 0 Å². The van der Waals surface area contributed by atoms with E-state index in [2.05, 4.69) is 21.9 Å². The molecule has 0 aromatic heterocycles. The third-order valence-corrected chi connectivity index (χ3v) is 2.50. The highest BCUT2D eigenvalue weighted by Crippen LogP contribution is 2.11. The zero-order chi connectivity index (χ0) is 15.0. The molecular formula is C15H17NO4. The zero-order valence-corrected chi connectivity index (χ0v) is 11.5. The Bertz CT molecular complexity index is 555. The van der Waals surface area contributed by atoms with E-state index in [9.17, 15) is 9.59 Å². The molecule has 0 aliphatic carbocycles. The van der Waals surface area contributed by atoms with Crippen LogP contribution in [-0.2, 0) is 9.53 Å². The highest BCUT2D eigenvalue weighted by atomic mass is 16.5. The summed E-state index contributed by atoms with van der Waals surface area (Å²) in [5.41, 5.74) is 1.88. The summed E-state index contributed by atoms with van der Waals surface area (Å²) in [6.07, 6.45) is 0.344. The van der Waals surface area contributed by atoms with E-state index in [0.717, 1.165) is 5.56 Å². The standard InChI is InChI=1S/C15H17NO4/c1-11-6-7-12(5-3-4-8-17)13(9-11)15(19)16-10-14(18)20-2/h6-7,9,17H,4,8,10H2,1-2H3,(H,16,19). The topological polar surface area (TPSA) is 75.6 Å². The first kappa shape index (κ1) is 15.7. The number of hydrogen-bond acceptors (Lipinski definition) is 4. The van der Waals surface area contributed by atoms with Gasteiger partial charge in [-0.1, -0.05) is 23.5 Å². The second-order valence-electron chi connectivity index (χ2n) is 4.08. The fourth-order valence-electron chi connectivity index (χ4n) is 1.49. The predicted octanol–water partition coefficient (Wildman–Crippen LogP) is 0.632. The number of aliphatic hydroxyl groups excluding tert-OH is 1.